The number of likely N-dealkylation sites (tertiary alicyclic amines) is 1. The summed E-state index contributed by atoms with van der Waals surface area (Å²) < 4.78 is 2.28. The molecule has 2 heterocycles. The summed E-state index contributed by atoms with van der Waals surface area (Å²) in [5.74, 6) is 0.941. The molecule has 0 atom stereocenters. The molecule has 0 aromatic carbocycles. The molecule has 0 aliphatic carbocycles. The predicted octanol–water partition coefficient (Wildman–Crippen LogP) is 3.11. The molecule has 1 saturated heterocycles. The van der Waals surface area contributed by atoms with E-state index in [1.807, 2.05) is 0 Å². The highest BCUT2D eigenvalue weighted by molar-refractivity contribution is 5.09. The van der Waals surface area contributed by atoms with Crippen molar-refractivity contribution in [3.63, 3.8) is 0 Å². The Morgan fingerprint density at radius 1 is 1.25 bits per heavy atom. The molecule has 1 fully saturated rings. The largest absolute Gasteiger partial charge is 0.354 e. The number of hydrogen-bond acceptors (Lipinski definition) is 2. The molecule has 0 radical (unpaired) electrons. The van der Waals surface area contributed by atoms with Crippen LogP contribution in [0.4, 0.5) is 0 Å². The second-order valence-electron chi connectivity index (χ2n) is 6.31. The van der Waals surface area contributed by atoms with Crippen LogP contribution in [0.3, 0.4) is 0 Å². The van der Waals surface area contributed by atoms with Crippen LogP contribution in [0.5, 0.6) is 0 Å². The Labute approximate surface area is 124 Å². The van der Waals surface area contributed by atoms with Gasteiger partial charge in [-0.05, 0) is 69.4 Å². The summed E-state index contributed by atoms with van der Waals surface area (Å²) in [6, 6.07) is 2.23. The summed E-state index contributed by atoms with van der Waals surface area (Å²) in [5.41, 5.74) is 1.41. The quantitative estimate of drug-likeness (QED) is 0.737. The Bertz CT molecular complexity index is 364. The van der Waals surface area contributed by atoms with Crippen LogP contribution in [-0.2, 0) is 13.1 Å². The number of hydrogen-bond donors (Lipinski definition) is 1. The van der Waals surface area contributed by atoms with E-state index >= 15 is 0 Å². The zero-order valence-electron chi connectivity index (χ0n) is 13.3. The maximum atomic E-state index is 3.57. The van der Waals surface area contributed by atoms with Crippen LogP contribution in [-0.4, -0.2) is 35.6 Å². The van der Waals surface area contributed by atoms with Gasteiger partial charge >= 0.3 is 0 Å². The lowest BCUT2D eigenvalue weighted by Gasteiger charge is -2.30. The predicted molar refractivity (Wildman–Crippen MR) is 85.9 cm³/mol. The molecule has 2 rings (SSSR count). The average Bonchev–Trinajstić information content (AvgIpc) is 2.89. The molecule has 0 saturated carbocycles. The Morgan fingerprint density at radius 3 is 2.80 bits per heavy atom. The van der Waals surface area contributed by atoms with Gasteiger partial charge in [0.1, 0.15) is 0 Å². The SMILES string of the molecule is CCCn1ccc(CNCCCN2CCC(C)CC2)c1. The molecular weight excluding hydrogens is 246 g/mol. The van der Waals surface area contributed by atoms with Gasteiger partial charge in [0.15, 0.2) is 0 Å². The Balaban J connectivity index is 1.52. The first-order valence-electron chi connectivity index (χ1n) is 8.35. The van der Waals surface area contributed by atoms with Gasteiger partial charge in [-0.1, -0.05) is 13.8 Å². The summed E-state index contributed by atoms with van der Waals surface area (Å²) in [4.78, 5) is 2.62. The van der Waals surface area contributed by atoms with Gasteiger partial charge in [-0.15, -0.1) is 0 Å². The van der Waals surface area contributed by atoms with Gasteiger partial charge in [-0.25, -0.2) is 0 Å². The van der Waals surface area contributed by atoms with E-state index in [1.54, 1.807) is 0 Å². The molecule has 1 aliphatic heterocycles. The van der Waals surface area contributed by atoms with Crippen molar-refractivity contribution < 1.29 is 0 Å². The Morgan fingerprint density at radius 2 is 2.05 bits per heavy atom. The summed E-state index contributed by atoms with van der Waals surface area (Å²) in [7, 11) is 0. The Kier molecular flexibility index (Phi) is 6.61. The topological polar surface area (TPSA) is 20.2 Å². The van der Waals surface area contributed by atoms with Gasteiger partial charge in [-0.3, -0.25) is 0 Å². The van der Waals surface area contributed by atoms with Crippen molar-refractivity contribution in [2.24, 2.45) is 5.92 Å². The van der Waals surface area contributed by atoms with Crippen LogP contribution in [0.15, 0.2) is 18.5 Å². The molecule has 0 amide bonds. The molecule has 0 spiro atoms. The smallest absolute Gasteiger partial charge is 0.0220 e. The fourth-order valence-corrected chi connectivity index (χ4v) is 2.94. The van der Waals surface area contributed by atoms with E-state index < -0.39 is 0 Å². The molecular formula is C17H31N3. The van der Waals surface area contributed by atoms with E-state index in [1.165, 1.54) is 50.9 Å². The van der Waals surface area contributed by atoms with Crippen molar-refractivity contribution in [1.82, 2.24) is 14.8 Å². The van der Waals surface area contributed by atoms with Crippen LogP contribution in [0, 0.1) is 5.92 Å². The highest BCUT2D eigenvalue weighted by Gasteiger charge is 2.14. The number of aromatic nitrogens is 1. The van der Waals surface area contributed by atoms with Crippen molar-refractivity contribution >= 4 is 0 Å². The molecule has 1 aromatic rings. The highest BCUT2D eigenvalue weighted by Crippen LogP contribution is 2.15. The van der Waals surface area contributed by atoms with Gasteiger partial charge < -0.3 is 14.8 Å². The van der Waals surface area contributed by atoms with Crippen molar-refractivity contribution in [1.29, 1.82) is 0 Å². The van der Waals surface area contributed by atoms with Crippen LogP contribution >= 0.6 is 0 Å². The van der Waals surface area contributed by atoms with Gasteiger partial charge in [0.05, 0.1) is 0 Å². The first-order chi connectivity index (χ1) is 9.78. The molecule has 20 heavy (non-hydrogen) atoms. The summed E-state index contributed by atoms with van der Waals surface area (Å²) in [6.07, 6.45) is 9.70. The van der Waals surface area contributed by atoms with E-state index in [2.05, 4.69) is 47.1 Å². The summed E-state index contributed by atoms with van der Waals surface area (Å²) in [6.45, 7) is 11.7. The molecule has 1 aromatic heterocycles. The van der Waals surface area contributed by atoms with Gasteiger partial charge in [0, 0.05) is 25.5 Å². The van der Waals surface area contributed by atoms with Gasteiger partial charge in [-0.2, -0.15) is 0 Å². The van der Waals surface area contributed by atoms with Crippen LogP contribution in [0.25, 0.3) is 0 Å². The molecule has 114 valence electrons. The van der Waals surface area contributed by atoms with Crippen molar-refractivity contribution in [3.8, 4) is 0 Å². The number of nitrogens with zero attached hydrogens (tertiary/aromatic N) is 2. The second kappa shape index (κ2) is 8.48. The third-order valence-corrected chi connectivity index (χ3v) is 4.33. The Hall–Kier alpha value is -0.800. The third kappa shape index (κ3) is 5.29. The number of rotatable bonds is 8. The normalized spacial score (nSPS) is 17.7. The average molecular weight is 277 g/mol. The number of piperidine rings is 1. The first-order valence-corrected chi connectivity index (χ1v) is 8.35. The highest BCUT2D eigenvalue weighted by atomic mass is 15.1. The lowest BCUT2D eigenvalue weighted by molar-refractivity contribution is 0.190. The minimum Gasteiger partial charge on any atom is -0.354 e. The molecule has 1 aliphatic rings. The van der Waals surface area contributed by atoms with E-state index in [4.69, 9.17) is 0 Å². The minimum absolute atomic E-state index is 0.941. The van der Waals surface area contributed by atoms with E-state index in [-0.39, 0.29) is 0 Å². The molecule has 0 unspecified atom stereocenters. The van der Waals surface area contributed by atoms with Crippen LogP contribution in [0.2, 0.25) is 0 Å². The fraction of sp³-hybridized carbons (Fsp3) is 0.765. The fourth-order valence-electron chi connectivity index (χ4n) is 2.94. The number of aryl methyl sites for hydroxylation is 1. The maximum Gasteiger partial charge on any atom is 0.0220 e. The molecule has 3 nitrogen and oxygen atoms in total. The zero-order chi connectivity index (χ0) is 14.2. The third-order valence-electron chi connectivity index (χ3n) is 4.33. The lowest BCUT2D eigenvalue weighted by Crippen LogP contribution is -2.34. The standard InChI is InChI=1S/C17H31N3/c1-3-9-20-13-7-17(15-20)14-18-8-4-10-19-11-5-16(2)6-12-19/h7,13,15-16,18H,3-6,8-12,14H2,1-2H3. The van der Waals surface area contributed by atoms with Gasteiger partial charge in [0.2, 0.25) is 0 Å². The summed E-state index contributed by atoms with van der Waals surface area (Å²) >= 11 is 0. The second-order valence-corrected chi connectivity index (χ2v) is 6.31. The lowest BCUT2D eigenvalue weighted by atomic mass is 9.99. The van der Waals surface area contributed by atoms with Crippen LogP contribution in [0.1, 0.15) is 45.1 Å². The molecule has 0 bridgehead atoms. The van der Waals surface area contributed by atoms with E-state index in [9.17, 15) is 0 Å². The maximum absolute atomic E-state index is 3.57. The van der Waals surface area contributed by atoms with Crippen molar-refractivity contribution in [2.75, 3.05) is 26.2 Å². The van der Waals surface area contributed by atoms with E-state index in [0.717, 1.165) is 25.6 Å². The summed E-state index contributed by atoms with van der Waals surface area (Å²) in [5, 5.41) is 3.57. The van der Waals surface area contributed by atoms with Gasteiger partial charge in [0.25, 0.3) is 0 Å². The van der Waals surface area contributed by atoms with Crippen LogP contribution < -0.4 is 5.32 Å². The van der Waals surface area contributed by atoms with Crippen molar-refractivity contribution in [3.05, 3.63) is 24.0 Å². The van der Waals surface area contributed by atoms with E-state index in [0.29, 0.717) is 0 Å². The molecule has 1 N–H and O–H groups in total. The number of nitrogens with one attached hydrogen (secondary N) is 1. The zero-order valence-corrected chi connectivity index (χ0v) is 13.3. The first kappa shape index (κ1) is 15.6. The van der Waals surface area contributed by atoms with Crippen molar-refractivity contribution in [2.45, 2.75) is 52.6 Å². The monoisotopic (exact) mass is 277 g/mol. The minimum atomic E-state index is 0.941. The molecule has 3 heteroatoms.